The van der Waals surface area contributed by atoms with Crippen molar-refractivity contribution in [3.05, 3.63) is 44.7 Å². The first-order valence-corrected chi connectivity index (χ1v) is 7.78. The molecule has 6 nitrogen and oxygen atoms in total. The van der Waals surface area contributed by atoms with Crippen LogP contribution in [0.1, 0.15) is 11.1 Å². The highest BCUT2D eigenvalue weighted by Crippen LogP contribution is 2.27. The number of hydrogen-bond acceptors (Lipinski definition) is 5. The van der Waals surface area contributed by atoms with E-state index < -0.39 is 0 Å². The molecule has 0 bridgehead atoms. The smallest absolute Gasteiger partial charge is 0.253 e. The van der Waals surface area contributed by atoms with E-state index in [4.69, 9.17) is 17.3 Å². The number of hydrogen-bond donors (Lipinski definition) is 3. The summed E-state index contributed by atoms with van der Waals surface area (Å²) >= 11 is 7.23. The molecule has 0 radical (unpaired) electrons. The van der Waals surface area contributed by atoms with E-state index in [1.165, 1.54) is 6.07 Å². The molecular weight excluding hydrogens is 324 g/mol. The van der Waals surface area contributed by atoms with Gasteiger partial charge in [-0.05, 0) is 31.0 Å². The van der Waals surface area contributed by atoms with Crippen LogP contribution in [0.4, 0.5) is 11.5 Å². The van der Waals surface area contributed by atoms with Crippen molar-refractivity contribution in [3.63, 3.8) is 0 Å². The van der Waals surface area contributed by atoms with Crippen LogP contribution in [-0.4, -0.2) is 21.6 Å². The Bertz CT molecular complexity index is 753. The van der Waals surface area contributed by atoms with Gasteiger partial charge in [0.2, 0.25) is 5.91 Å². The number of nitrogens with one attached hydrogen (secondary N) is 2. The molecule has 1 heterocycles. The van der Waals surface area contributed by atoms with Crippen molar-refractivity contribution in [2.45, 2.75) is 19.0 Å². The molecule has 2 rings (SSSR count). The van der Waals surface area contributed by atoms with Crippen molar-refractivity contribution in [1.82, 2.24) is 9.97 Å². The van der Waals surface area contributed by atoms with Crippen LogP contribution in [0.3, 0.4) is 0 Å². The van der Waals surface area contributed by atoms with Crippen LogP contribution in [0.2, 0.25) is 5.02 Å². The first-order chi connectivity index (χ1) is 10.3. The summed E-state index contributed by atoms with van der Waals surface area (Å²) < 4.78 is 0. The van der Waals surface area contributed by atoms with E-state index in [1.807, 2.05) is 19.9 Å². The molecule has 116 valence electrons. The Morgan fingerprint density at radius 3 is 2.77 bits per heavy atom. The SMILES string of the molecule is Cc1cc(C)c(NC(=O)CSc2nc(N)cc(=O)[nH]2)c(Cl)c1. The minimum atomic E-state index is -0.354. The molecule has 2 aromatic rings. The van der Waals surface area contributed by atoms with Crippen molar-refractivity contribution in [3.8, 4) is 0 Å². The van der Waals surface area contributed by atoms with Gasteiger partial charge in [0.15, 0.2) is 5.16 Å². The second-order valence-corrected chi connectivity index (χ2v) is 6.12. The topological polar surface area (TPSA) is 101 Å². The van der Waals surface area contributed by atoms with E-state index >= 15 is 0 Å². The molecule has 0 unspecified atom stereocenters. The lowest BCUT2D eigenvalue weighted by Crippen LogP contribution is -2.16. The first-order valence-electron chi connectivity index (χ1n) is 6.41. The zero-order chi connectivity index (χ0) is 16.3. The van der Waals surface area contributed by atoms with Crippen LogP contribution < -0.4 is 16.6 Å². The lowest BCUT2D eigenvalue weighted by Gasteiger charge is -2.11. The van der Waals surface area contributed by atoms with Crippen molar-refractivity contribution < 1.29 is 4.79 Å². The van der Waals surface area contributed by atoms with Gasteiger partial charge in [0.05, 0.1) is 16.5 Å². The number of aromatic amines is 1. The van der Waals surface area contributed by atoms with Gasteiger partial charge >= 0.3 is 0 Å². The molecule has 0 atom stereocenters. The fourth-order valence-electron chi connectivity index (χ4n) is 1.91. The second-order valence-electron chi connectivity index (χ2n) is 4.75. The lowest BCUT2D eigenvalue weighted by atomic mass is 10.1. The largest absolute Gasteiger partial charge is 0.383 e. The van der Waals surface area contributed by atoms with E-state index in [-0.39, 0.29) is 23.0 Å². The zero-order valence-electron chi connectivity index (χ0n) is 12.1. The molecule has 22 heavy (non-hydrogen) atoms. The molecule has 0 aliphatic carbocycles. The number of nitrogens with two attached hydrogens (primary N) is 1. The molecule has 4 N–H and O–H groups in total. The summed E-state index contributed by atoms with van der Waals surface area (Å²) in [6.07, 6.45) is 0. The van der Waals surface area contributed by atoms with Crippen LogP contribution in [0.15, 0.2) is 28.2 Å². The summed E-state index contributed by atoms with van der Waals surface area (Å²) in [5, 5.41) is 3.55. The van der Waals surface area contributed by atoms with E-state index in [9.17, 15) is 9.59 Å². The maximum Gasteiger partial charge on any atom is 0.253 e. The maximum absolute atomic E-state index is 12.0. The summed E-state index contributed by atoms with van der Waals surface area (Å²) in [5.74, 6) is -0.0521. The Kier molecular flexibility index (Phi) is 5.10. The van der Waals surface area contributed by atoms with E-state index in [2.05, 4.69) is 15.3 Å². The zero-order valence-corrected chi connectivity index (χ0v) is 13.6. The first kappa shape index (κ1) is 16.4. The number of aromatic nitrogens is 2. The number of aryl methyl sites for hydroxylation is 2. The lowest BCUT2D eigenvalue weighted by molar-refractivity contribution is -0.113. The van der Waals surface area contributed by atoms with Crippen LogP contribution in [-0.2, 0) is 4.79 Å². The number of amides is 1. The summed E-state index contributed by atoms with van der Waals surface area (Å²) in [7, 11) is 0. The van der Waals surface area contributed by atoms with Gasteiger partial charge in [-0.15, -0.1) is 0 Å². The van der Waals surface area contributed by atoms with E-state index in [1.54, 1.807) is 6.07 Å². The van der Waals surface area contributed by atoms with Crippen molar-refractivity contribution in [2.24, 2.45) is 0 Å². The number of nitrogen functional groups attached to an aromatic ring is 1. The molecule has 8 heteroatoms. The van der Waals surface area contributed by atoms with Crippen LogP contribution in [0.5, 0.6) is 0 Å². The second kappa shape index (κ2) is 6.85. The number of carbonyl (C=O) groups is 1. The highest BCUT2D eigenvalue weighted by Gasteiger charge is 2.11. The number of anilines is 2. The fourth-order valence-corrected chi connectivity index (χ4v) is 2.96. The Balaban J connectivity index is 2.03. The van der Waals surface area contributed by atoms with Gasteiger partial charge in [0.25, 0.3) is 5.56 Å². The molecule has 1 aromatic heterocycles. The molecule has 0 saturated carbocycles. The van der Waals surface area contributed by atoms with Crippen LogP contribution >= 0.6 is 23.4 Å². The Morgan fingerprint density at radius 2 is 2.14 bits per heavy atom. The molecule has 0 aliphatic heterocycles. The standard InChI is InChI=1S/C14H15ClN4O2S/c1-7-3-8(2)13(9(15)4-7)18-12(21)6-22-14-17-10(16)5-11(20)19-14/h3-5H,6H2,1-2H3,(H,18,21)(H3,16,17,19,20). The highest BCUT2D eigenvalue weighted by molar-refractivity contribution is 7.99. The predicted molar refractivity (Wildman–Crippen MR) is 89.5 cm³/mol. The number of benzene rings is 1. The molecule has 0 spiro atoms. The van der Waals surface area contributed by atoms with Crippen molar-refractivity contribution in [1.29, 1.82) is 0 Å². The number of halogens is 1. The molecule has 1 amide bonds. The predicted octanol–water partition coefficient (Wildman–Crippen LogP) is 2.35. The monoisotopic (exact) mass is 338 g/mol. The van der Waals surface area contributed by atoms with Gasteiger partial charge in [-0.25, -0.2) is 4.98 Å². The van der Waals surface area contributed by atoms with E-state index in [0.717, 1.165) is 22.9 Å². The molecule has 1 aromatic carbocycles. The van der Waals surface area contributed by atoms with Crippen molar-refractivity contribution >= 4 is 40.8 Å². The number of nitrogens with zero attached hydrogens (tertiary/aromatic N) is 1. The van der Waals surface area contributed by atoms with Crippen molar-refractivity contribution in [2.75, 3.05) is 16.8 Å². The molecule has 0 saturated heterocycles. The Labute approximate surface area is 136 Å². The minimum absolute atomic E-state index is 0.0794. The average molecular weight is 339 g/mol. The normalized spacial score (nSPS) is 10.5. The maximum atomic E-state index is 12.0. The quantitative estimate of drug-likeness (QED) is 0.587. The van der Waals surface area contributed by atoms with Crippen LogP contribution in [0, 0.1) is 13.8 Å². The molecular formula is C14H15ClN4O2S. The van der Waals surface area contributed by atoms with Gasteiger partial charge < -0.3 is 16.0 Å². The third kappa shape index (κ3) is 4.25. The molecule has 0 aliphatic rings. The summed E-state index contributed by atoms with van der Waals surface area (Å²) in [6, 6.07) is 4.90. The summed E-state index contributed by atoms with van der Waals surface area (Å²) in [5.41, 5.74) is 7.63. The average Bonchev–Trinajstić information content (AvgIpc) is 2.39. The van der Waals surface area contributed by atoms with Gasteiger partial charge in [-0.2, -0.15) is 0 Å². The number of H-pyrrole nitrogens is 1. The Morgan fingerprint density at radius 1 is 1.41 bits per heavy atom. The summed E-state index contributed by atoms with van der Waals surface area (Å²) in [4.78, 5) is 29.7. The highest BCUT2D eigenvalue weighted by atomic mass is 35.5. The number of carbonyl (C=O) groups excluding carboxylic acids is 1. The number of thioether (sulfide) groups is 1. The van der Waals surface area contributed by atoms with Gasteiger partial charge in [0.1, 0.15) is 5.82 Å². The number of rotatable bonds is 4. The van der Waals surface area contributed by atoms with Gasteiger partial charge in [-0.3, -0.25) is 9.59 Å². The third-order valence-electron chi connectivity index (χ3n) is 2.78. The Hall–Kier alpha value is -1.99. The fraction of sp³-hybridized carbons (Fsp3) is 0.214. The van der Waals surface area contributed by atoms with Gasteiger partial charge in [0, 0.05) is 6.07 Å². The minimum Gasteiger partial charge on any atom is -0.383 e. The molecule has 0 fully saturated rings. The third-order valence-corrected chi connectivity index (χ3v) is 3.95. The van der Waals surface area contributed by atoms with Gasteiger partial charge in [-0.1, -0.05) is 29.4 Å². The van der Waals surface area contributed by atoms with E-state index in [0.29, 0.717) is 15.9 Å². The van der Waals surface area contributed by atoms with Crippen LogP contribution in [0.25, 0.3) is 0 Å². The summed E-state index contributed by atoms with van der Waals surface area (Å²) in [6.45, 7) is 3.81.